The minimum Gasteiger partial charge on any atom is -0.326 e. The number of carbonyl (C=O) groups excluding carboxylic acids is 2. The van der Waals surface area contributed by atoms with E-state index < -0.39 is 0 Å². The molecule has 1 aromatic heterocycles. The lowest BCUT2D eigenvalue weighted by atomic mass is 10.1. The Morgan fingerprint density at radius 3 is 2.19 bits per heavy atom. The van der Waals surface area contributed by atoms with Crippen molar-refractivity contribution in [3.63, 3.8) is 0 Å². The number of rotatable bonds is 8. The van der Waals surface area contributed by atoms with Crippen molar-refractivity contribution in [1.29, 1.82) is 0 Å². The largest absolute Gasteiger partial charge is 0.326 e. The molecule has 32 heavy (non-hydrogen) atoms. The van der Waals surface area contributed by atoms with Gasteiger partial charge in [0.1, 0.15) is 0 Å². The second-order valence-corrected chi connectivity index (χ2v) is 8.19. The van der Waals surface area contributed by atoms with Crippen LogP contribution in [0.15, 0.2) is 90.1 Å². The van der Waals surface area contributed by atoms with Crippen LogP contribution in [-0.2, 0) is 4.79 Å². The van der Waals surface area contributed by atoms with Crippen molar-refractivity contribution < 1.29 is 9.59 Å². The van der Waals surface area contributed by atoms with Crippen LogP contribution in [0, 0.1) is 0 Å². The number of thioether (sulfide) groups is 1. The molecule has 1 amide bonds. The van der Waals surface area contributed by atoms with E-state index in [9.17, 15) is 9.59 Å². The highest BCUT2D eigenvalue weighted by Gasteiger charge is 2.16. The first-order valence-corrected chi connectivity index (χ1v) is 11.2. The number of nitrogens with zero attached hydrogens (tertiary/aromatic N) is 3. The molecule has 1 N–H and O–H groups in total. The average Bonchev–Trinajstić information content (AvgIpc) is 3.24. The molecule has 0 aliphatic heterocycles. The highest BCUT2D eigenvalue weighted by molar-refractivity contribution is 7.99. The number of hydrogen-bond acceptors (Lipinski definition) is 5. The van der Waals surface area contributed by atoms with Crippen LogP contribution < -0.4 is 5.32 Å². The monoisotopic (exact) mass is 442 g/mol. The predicted octanol–water partition coefficient (Wildman–Crippen LogP) is 5.26. The predicted molar refractivity (Wildman–Crippen MR) is 127 cm³/mol. The zero-order valence-electron chi connectivity index (χ0n) is 17.6. The zero-order chi connectivity index (χ0) is 22.3. The van der Waals surface area contributed by atoms with Crippen LogP contribution in [-0.4, -0.2) is 32.2 Å². The van der Waals surface area contributed by atoms with E-state index in [4.69, 9.17) is 0 Å². The third kappa shape index (κ3) is 5.12. The van der Waals surface area contributed by atoms with Crippen LogP contribution in [0.5, 0.6) is 0 Å². The number of para-hydroxylation sites is 1. The molecular weight excluding hydrogens is 420 g/mol. The summed E-state index contributed by atoms with van der Waals surface area (Å²) in [7, 11) is 0. The van der Waals surface area contributed by atoms with Gasteiger partial charge in [-0.25, -0.2) is 0 Å². The zero-order valence-corrected chi connectivity index (χ0v) is 18.4. The Morgan fingerprint density at radius 2 is 1.53 bits per heavy atom. The average molecular weight is 443 g/mol. The Hall–Kier alpha value is -3.71. The molecule has 4 aromatic rings. The first-order chi connectivity index (χ1) is 15.6. The van der Waals surface area contributed by atoms with Gasteiger partial charge in [-0.2, -0.15) is 0 Å². The quantitative estimate of drug-likeness (QED) is 0.298. The van der Waals surface area contributed by atoms with E-state index in [0.29, 0.717) is 23.4 Å². The number of hydrogen-bond donors (Lipinski definition) is 1. The first kappa shape index (κ1) is 21.5. The second kappa shape index (κ2) is 10.1. The number of aromatic nitrogens is 3. The lowest BCUT2D eigenvalue weighted by Crippen LogP contribution is -2.12. The van der Waals surface area contributed by atoms with E-state index in [-0.39, 0.29) is 11.7 Å². The molecule has 6 nitrogen and oxygen atoms in total. The van der Waals surface area contributed by atoms with Gasteiger partial charge >= 0.3 is 0 Å². The van der Waals surface area contributed by atoms with Gasteiger partial charge < -0.3 is 5.32 Å². The fraction of sp³-hybridized carbons (Fsp3) is 0.120. The molecule has 7 heteroatoms. The molecule has 0 aliphatic rings. The molecule has 4 rings (SSSR count). The van der Waals surface area contributed by atoms with Gasteiger partial charge in [-0.15, -0.1) is 10.2 Å². The summed E-state index contributed by atoms with van der Waals surface area (Å²) in [6, 6.07) is 26.7. The number of nitrogens with one attached hydrogen (secondary N) is 1. The van der Waals surface area contributed by atoms with Crippen LogP contribution in [0.2, 0.25) is 0 Å². The molecular formula is C25H22N4O2S. The van der Waals surface area contributed by atoms with Gasteiger partial charge in [0.05, 0.1) is 0 Å². The van der Waals surface area contributed by atoms with Crippen LogP contribution >= 0.6 is 11.8 Å². The summed E-state index contributed by atoms with van der Waals surface area (Å²) in [5, 5.41) is 12.4. The Balaban J connectivity index is 1.45. The second-order valence-electron chi connectivity index (χ2n) is 7.12. The maximum atomic E-state index is 12.4. The summed E-state index contributed by atoms with van der Waals surface area (Å²) in [6.07, 6.45) is 0.321. The molecule has 0 unspecified atom stereocenters. The van der Waals surface area contributed by atoms with Gasteiger partial charge in [-0.1, -0.05) is 60.3 Å². The summed E-state index contributed by atoms with van der Waals surface area (Å²) >= 11 is 1.49. The minimum absolute atomic E-state index is 0.00308. The van der Waals surface area contributed by atoms with Gasteiger partial charge in [-0.3, -0.25) is 14.2 Å². The maximum absolute atomic E-state index is 12.4. The van der Waals surface area contributed by atoms with Gasteiger partial charge in [0.25, 0.3) is 0 Å². The van der Waals surface area contributed by atoms with Gasteiger partial charge in [-0.05, 0) is 43.3 Å². The molecule has 0 spiro atoms. The Morgan fingerprint density at radius 1 is 0.875 bits per heavy atom. The Kier molecular flexibility index (Phi) is 6.77. The normalized spacial score (nSPS) is 10.7. The minimum atomic E-state index is -0.0952. The molecule has 3 aromatic carbocycles. The highest BCUT2D eigenvalue weighted by Crippen LogP contribution is 2.28. The van der Waals surface area contributed by atoms with E-state index in [2.05, 4.69) is 15.5 Å². The fourth-order valence-corrected chi connectivity index (χ4v) is 4.08. The summed E-state index contributed by atoms with van der Waals surface area (Å²) in [5.74, 6) is 1.21. The van der Waals surface area contributed by atoms with Crippen LogP contribution in [0.4, 0.5) is 5.69 Å². The van der Waals surface area contributed by atoms with E-state index >= 15 is 0 Å². The number of carbonyl (C=O) groups is 2. The topological polar surface area (TPSA) is 76.9 Å². The number of benzene rings is 3. The summed E-state index contributed by atoms with van der Waals surface area (Å²) in [6.45, 7) is 1.52. The molecule has 160 valence electrons. The number of Topliss-reactive ketones (excluding diaryl/α,β-unsaturated/α-hetero) is 1. The summed E-state index contributed by atoms with van der Waals surface area (Å²) in [5.41, 5.74) is 3.23. The summed E-state index contributed by atoms with van der Waals surface area (Å²) < 4.78 is 2.01. The van der Waals surface area contributed by atoms with Gasteiger partial charge in [0, 0.05) is 34.7 Å². The molecule has 1 heterocycles. The number of amides is 1. The Labute approximate surface area is 190 Å². The number of ketones is 1. The lowest BCUT2D eigenvalue weighted by molar-refractivity contribution is -0.115. The first-order valence-electron chi connectivity index (χ1n) is 10.2. The molecule has 0 saturated carbocycles. The third-order valence-electron chi connectivity index (χ3n) is 4.82. The molecule has 0 bridgehead atoms. The van der Waals surface area contributed by atoms with E-state index in [1.807, 2.05) is 65.2 Å². The van der Waals surface area contributed by atoms with Crippen molar-refractivity contribution in [3.8, 4) is 17.1 Å². The van der Waals surface area contributed by atoms with E-state index in [1.54, 1.807) is 24.3 Å². The molecule has 0 radical (unpaired) electrons. The van der Waals surface area contributed by atoms with Crippen molar-refractivity contribution in [2.75, 3.05) is 11.1 Å². The van der Waals surface area contributed by atoms with Crippen molar-refractivity contribution in [2.24, 2.45) is 0 Å². The molecule has 0 fully saturated rings. The van der Waals surface area contributed by atoms with Crippen molar-refractivity contribution in [2.45, 2.75) is 18.5 Å². The van der Waals surface area contributed by atoms with Crippen LogP contribution in [0.1, 0.15) is 23.7 Å². The van der Waals surface area contributed by atoms with Crippen LogP contribution in [0.25, 0.3) is 17.1 Å². The maximum Gasteiger partial charge on any atom is 0.225 e. The van der Waals surface area contributed by atoms with Crippen molar-refractivity contribution in [1.82, 2.24) is 14.8 Å². The van der Waals surface area contributed by atoms with Crippen LogP contribution in [0.3, 0.4) is 0 Å². The lowest BCUT2D eigenvalue weighted by Gasteiger charge is -2.10. The summed E-state index contributed by atoms with van der Waals surface area (Å²) in [4.78, 5) is 23.7. The van der Waals surface area contributed by atoms with Gasteiger partial charge in [0.2, 0.25) is 5.91 Å². The van der Waals surface area contributed by atoms with E-state index in [1.165, 1.54) is 18.7 Å². The van der Waals surface area contributed by atoms with Crippen molar-refractivity contribution >= 4 is 29.1 Å². The third-order valence-corrected chi connectivity index (χ3v) is 5.75. The standard InChI is InChI=1S/C25H22N4O2S/c1-18(30)19-12-14-21(15-13-19)26-23(31)16-17-32-25-28-27-24(20-8-4-2-5-9-20)29(25)22-10-6-3-7-11-22/h2-15H,16-17H2,1H3,(H,26,31). The Bertz CT molecular complexity index is 1210. The van der Waals surface area contributed by atoms with Crippen molar-refractivity contribution in [3.05, 3.63) is 90.5 Å². The van der Waals surface area contributed by atoms with Gasteiger partial charge in [0.15, 0.2) is 16.8 Å². The number of anilines is 1. The smallest absolute Gasteiger partial charge is 0.225 e. The molecule has 0 saturated heterocycles. The SMILES string of the molecule is CC(=O)c1ccc(NC(=O)CCSc2nnc(-c3ccccc3)n2-c2ccccc2)cc1. The fourth-order valence-electron chi connectivity index (χ4n) is 3.19. The molecule has 0 aliphatic carbocycles. The highest BCUT2D eigenvalue weighted by atomic mass is 32.2. The molecule has 0 atom stereocenters. The van der Waals surface area contributed by atoms with E-state index in [0.717, 1.165) is 22.2 Å².